The molecule has 0 bridgehead atoms. The molecule has 3 aliphatic rings. The van der Waals surface area contributed by atoms with E-state index in [1.54, 1.807) is 4.90 Å². The third-order valence-corrected chi connectivity index (χ3v) is 5.40. The lowest BCUT2D eigenvalue weighted by Crippen LogP contribution is -2.38. The number of amides is 2. The van der Waals surface area contributed by atoms with Gasteiger partial charge >= 0.3 is 0 Å². The molecule has 7 heteroatoms. The van der Waals surface area contributed by atoms with Gasteiger partial charge in [0.25, 0.3) is 11.8 Å². The average Bonchev–Trinajstić information content (AvgIpc) is 3.00. The molecule has 4 rings (SSSR count). The molecule has 2 fully saturated rings. The topological polar surface area (TPSA) is 71.0 Å². The predicted molar refractivity (Wildman–Crippen MR) is 86.4 cm³/mol. The molecule has 1 saturated heterocycles. The number of hydrogen-bond donors (Lipinski definition) is 1. The number of oxime groups is 1. The number of nitrogens with one attached hydrogen (secondary N) is 1. The first kappa shape index (κ1) is 14.7. The quantitative estimate of drug-likeness (QED) is 0.910. The highest BCUT2D eigenvalue weighted by Gasteiger charge is 2.48. The Morgan fingerprint density at radius 2 is 2.35 bits per heavy atom. The molecule has 1 saturated carbocycles. The summed E-state index contributed by atoms with van der Waals surface area (Å²) in [6.45, 7) is 1.86. The number of hydrogen-bond acceptors (Lipinski definition) is 5. The molecular weight excluding hydrogens is 314 g/mol. The van der Waals surface area contributed by atoms with E-state index in [-0.39, 0.29) is 11.8 Å². The molecule has 3 heterocycles. The minimum atomic E-state index is -0.516. The minimum absolute atomic E-state index is 0.0263. The van der Waals surface area contributed by atoms with E-state index in [0.29, 0.717) is 43.1 Å². The summed E-state index contributed by atoms with van der Waals surface area (Å²) in [4.78, 5) is 31.9. The Hall–Kier alpha value is -1.89. The van der Waals surface area contributed by atoms with Crippen molar-refractivity contribution in [2.45, 2.75) is 31.3 Å². The number of likely N-dealkylation sites (tertiary alicyclic amines) is 1. The maximum absolute atomic E-state index is 12.4. The van der Waals surface area contributed by atoms with Crippen molar-refractivity contribution in [1.29, 1.82) is 0 Å². The van der Waals surface area contributed by atoms with Crippen LogP contribution in [0.1, 0.15) is 36.0 Å². The van der Waals surface area contributed by atoms with Gasteiger partial charge in [-0.25, -0.2) is 0 Å². The van der Waals surface area contributed by atoms with Crippen molar-refractivity contribution in [2.24, 2.45) is 11.1 Å². The summed E-state index contributed by atoms with van der Waals surface area (Å²) in [6, 6.07) is 1.83. The SMILES string of the molecule is O=C(NCC1CC1)C1=NOC2(CCN(C(=O)c3ccsc3)C2)C1. The molecular formula is C16H19N3O3S. The Bertz CT molecular complexity index is 654. The summed E-state index contributed by atoms with van der Waals surface area (Å²) >= 11 is 1.51. The van der Waals surface area contributed by atoms with Gasteiger partial charge in [0.15, 0.2) is 5.60 Å². The molecule has 23 heavy (non-hydrogen) atoms. The van der Waals surface area contributed by atoms with Gasteiger partial charge in [-0.05, 0) is 30.2 Å². The van der Waals surface area contributed by atoms with Gasteiger partial charge in [0.2, 0.25) is 0 Å². The summed E-state index contributed by atoms with van der Waals surface area (Å²) in [5.41, 5.74) is 0.654. The predicted octanol–water partition coefficient (Wildman–Crippen LogP) is 1.64. The zero-order valence-electron chi connectivity index (χ0n) is 12.8. The van der Waals surface area contributed by atoms with E-state index >= 15 is 0 Å². The van der Waals surface area contributed by atoms with Crippen LogP contribution in [0.4, 0.5) is 0 Å². The standard InChI is InChI=1S/C16H19N3O3S/c20-14(17-8-11-1-2-11)13-7-16(22-18-13)4-5-19(10-16)15(21)12-3-6-23-9-12/h3,6,9,11H,1-2,4-5,7-8,10H2,(H,17,20). The molecule has 6 nitrogen and oxygen atoms in total. The van der Waals surface area contributed by atoms with Crippen LogP contribution in [0.15, 0.2) is 22.0 Å². The van der Waals surface area contributed by atoms with Crippen molar-refractivity contribution < 1.29 is 14.4 Å². The van der Waals surface area contributed by atoms with Crippen LogP contribution in [-0.2, 0) is 9.63 Å². The molecule has 2 aliphatic heterocycles. The Kier molecular flexibility index (Phi) is 3.60. The molecule has 1 aromatic heterocycles. The van der Waals surface area contributed by atoms with E-state index in [4.69, 9.17) is 4.84 Å². The van der Waals surface area contributed by atoms with Gasteiger partial charge < -0.3 is 15.1 Å². The lowest BCUT2D eigenvalue weighted by molar-refractivity contribution is -0.115. The number of carbonyl (C=O) groups excluding carboxylic acids is 2. The van der Waals surface area contributed by atoms with Crippen molar-refractivity contribution >= 4 is 28.9 Å². The Labute approximate surface area is 138 Å². The largest absolute Gasteiger partial charge is 0.386 e. The van der Waals surface area contributed by atoms with Gasteiger partial charge in [-0.15, -0.1) is 0 Å². The van der Waals surface area contributed by atoms with Crippen LogP contribution in [0.2, 0.25) is 0 Å². The molecule has 2 amide bonds. The highest BCUT2D eigenvalue weighted by atomic mass is 32.1. The number of rotatable bonds is 4. The molecule has 1 spiro atoms. The van der Waals surface area contributed by atoms with Crippen LogP contribution in [0.5, 0.6) is 0 Å². The normalized spacial score (nSPS) is 26.3. The molecule has 0 radical (unpaired) electrons. The van der Waals surface area contributed by atoms with Crippen LogP contribution < -0.4 is 5.32 Å². The summed E-state index contributed by atoms with van der Waals surface area (Å²) in [5.74, 6) is 0.538. The zero-order valence-corrected chi connectivity index (χ0v) is 13.6. The van der Waals surface area contributed by atoms with Crippen molar-refractivity contribution in [3.05, 3.63) is 22.4 Å². The van der Waals surface area contributed by atoms with Gasteiger partial charge in [-0.2, -0.15) is 11.3 Å². The van der Waals surface area contributed by atoms with E-state index in [1.807, 2.05) is 16.8 Å². The summed E-state index contributed by atoms with van der Waals surface area (Å²) in [5, 5.41) is 10.7. The van der Waals surface area contributed by atoms with Gasteiger partial charge in [-0.1, -0.05) is 5.16 Å². The van der Waals surface area contributed by atoms with Gasteiger partial charge in [-0.3, -0.25) is 9.59 Å². The second-order valence-electron chi connectivity index (χ2n) is 6.63. The number of nitrogens with zero attached hydrogens (tertiary/aromatic N) is 2. The Morgan fingerprint density at radius 1 is 1.48 bits per heavy atom. The highest BCUT2D eigenvalue weighted by Crippen LogP contribution is 2.35. The average molecular weight is 333 g/mol. The number of carbonyl (C=O) groups is 2. The van der Waals surface area contributed by atoms with Crippen molar-refractivity contribution in [1.82, 2.24) is 10.2 Å². The molecule has 1 unspecified atom stereocenters. The Balaban J connectivity index is 1.34. The van der Waals surface area contributed by atoms with E-state index in [1.165, 1.54) is 24.2 Å². The van der Waals surface area contributed by atoms with Crippen LogP contribution in [0.25, 0.3) is 0 Å². The fourth-order valence-electron chi connectivity index (χ4n) is 3.11. The second kappa shape index (κ2) is 5.63. The first-order chi connectivity index (χ1) is 11.2. The summed E-state index contributed by atoms with van der Waals surface area (Å²) in [7, 11) is 0. The van der Waals surface area contributed by atoms with Crippen molar-refractivity contribution in [3.8, 4) is 0 Å². The lowest BCUT2D eigenvalue weighted by atomic mass is 9.96. The highest BCUT2D eigenvalue weighted by molar-refractivity contribution is 7.08. The monoisotopic (exact) mass is 333 g/mol. The molecule has 1 atom stereocenters. The fraction of sp³-hybridized carbons (Fsp3) is 0.562. The second-order valence-corrected chi connectivity index (χ2v) is 7.41. The van der Waals surface area contributed by atoms with E-state index in [9.17, 15) is 9.59 Å². The molecule has 1 aliphatic carbocycles. The lowest BCUT2D eigenvalue weighted by Gasteiger charge is -2.21. The first-order valence-corrected chi connectivity index (χ1v) is 8.94. The van der Waals surface area contributed by atoms with Crippen molar-refractivity contribution in [3.63, 3.8) is 0 Å². The van der Waals surface area contributed by atoms with Gasteiger partial charge in [0, 0.05) is 31.3 Å². The molecule has 1 N–H and O–H groups in total. The molecule has 1 aromatic rings. The molecule has 122 valence electrons. The van der Waals surface area contributed by atoms with Crippen LogP contribution in [0.3, 0.4) is 0 Å². The first-order valence-electron chi connectivity index (χ1n) is 8.00. The van der Waals surface area contributed by atoms with Crippen LogP contribution >= 0.6 is 11.3 Å². The van der Waals surface area contributed by atoms with Crippen LogP contribution in [0, 0.1) is 5.92 Å². The van der Waals surface area contributed by atoms with Gasteiger partial charge in [0.05, 0.1) is 12.1 Å². The third kappa shape index (κ3) is 2.97. The maximum atomic E-state index is 12.4. The summed E-state index contributed by atoms with van der Waals surface area (Å²) in [6.07, 6.45) is 3.60. The number of thiophene rings is 1. The van der Waals surface area contributed by atoms with Crippen molar-refractivity contribution in [2.75, 3.05) is 19.6 Å². The Morgan fingerprint density at radius 3 is 3.09 bits per heavy atom. The summed E-state index contributed by atoms with van der Waals surface area (Å²) < 4.78 is 0. The molecule has 0 aromatic carbocycles. The van der Waals surface area contributed by atoms with Gasteiger partial charge in [0.1, 0.15) is 5.71 Å². The fourth-order valence-corrected chi connectivity index (χ4v) is 3.74. The zero-order chi connectivity index (χ0) is 15.9. The minimum Gasteiger partial charge on any atom is -0.386 e. The van der Waals surface area contributed by atoms with Crippen LogP contribution in [-0.4, -0.2) is 47.7 Å². The van der Waals surface area contributed by atoms with E-state index in [0.717, 1.165) is 6.54 Å². The smallest absolute Gasteiger partial charge is 0.269 e. The third-order valence-electron chi connectivity index (χ3n) is 4.72. The maximum Gasteiger partial charge on any atom is 0.269 e. The van der Waals surface area contributed by atoms with E-state index in [2.05, 4.69) is 10.5 Å². The van der Waals surface area contributed by atoms with E-state index < -0.39 is 5.60 Å².